The highest BCUT2D eigenvalue weighted by Gasteiger charge is 2.57. The largest absolute Gasteiger partial charge is 0.545 e. The number of carbonyl (C=O) groups is 1. The van der Waals surface area contributed by atoms with E-state index in [9.17, 15) is 9.90 Å². The number of hydrogen-bond acceptors (Lipinski definition) is 3. The van der Waals surface area contributed by atoms with Gasteiger partial charge in [0.25, 0.3) is 5.84 Å². The van der Waals surface area contributed by atoms with Crippen LogP contribution in [0.1, 0.15) is 28.3 Å². The van der Waals surface area contributed by atoms with E-state index < -0.39 is 17.6 Å². The van der Waals surface area contributed by atoms with Crippen LogP contribution in [0.5, 0.6) is 0 Å². The van der Waals surface area contributed by atoms with Crippen LogP contribution < -0.4 is 10.4 Å². The molecule has 4 aromatic carbocycles. The maximum atomic E-state index is 13.1. The number of hydrogen-bond donors (Lipinski definition) is 1. The van der Waals surface area contributed by atoms with Crippen molar-refractivity contribution in [3.05, 3.63) is 144 Å². The number of benzene rings is 4. The summed E-state index contributed by atoms with van der Waals surface area (Å²) in [4.78, 5) is 13.1. The van der Waals surface area contributed by atoms with Crippen molar-refractivity contribution in [2.45, 2.75) is 18.1 Å². The molecule has 1 unspecified atom stereocenters. The lowest BCUT2D eigenvalue weighted by molar-refractivity contribution is -0.587. The van der Waals surface area contributed by atoms with Gasteiger partial charge in [0.05, 0.1) is 11.5 Å². The Kier molecular flexibility index (Phi) is 5.49. The van der Waals surface area contributed by atoms with E-state index in [2.05, 4.69) is 22.0 Å². The number of rotatable bonds is 6. The molecule has 4 heteroatoms. The first-order valence-corrected chi connectivity index (χ1v) is 11.0. The van der Waals surface area contributed by atoms with Gasteiger partial charge in [0.15, 0.2) is 6.04 Å². The Morgan fingerprint density at radius 1 is 0.758 bits per heavy atom. The maximum Gasteiger partial charge on any atom is 0.279 e. The topological polar surface area (TPSA) is 55.2 Å². The fraction of sp³-hybridized carbons (Fsp3) is 0.103. The highest BCUT2D eigenvalue weighted by Crippen LogP contribution is 2.42. The van der Waals surface area contributed by atoms with E-state index in [4.69, 9.17) is 0 Å². The van der Waals surface area contributed by atoms with E-state index in [0.29, 0.717) is 12.1 Å². The minimum Gasteiger partial charge on any atom is -0.545 e. The van der Waals surface area contributed by atoms with Crippen LogP contribution in [-0.4, -0.2) is 16.4 Å². The third-order valence-electron chi connectivity index (χ3n) is 6.23. The van der Waals surface area contributed by atoms with Gasteiger partial charge >= 0.3 is 0 Å². The summed E-state index contributed by atoms with van der Waals surface area (Å²) < 4.78 is 2.16. The Morgan fingerprint density at radius 2 is 1.27 bits per heavy atom. The van der Waals surface area contributed by atoms with Crippen LogP contribution in [0.25, 0.3) is 0 Å². The lowest BCUT2D eigenvalue weighted by atomic mass is 9.79. The zero-order valence-corrected chi connectivity index (χ0v) is 18.1. The van der Waals surface area contributed by atoms with Crippen LogP contribution in [0, 0.1) is 0 Å². The van der Waals surface area contributed by atoms with Gasteiger partial charge in [0.1, 0.15) is 6.54 Å². The molecule has 0 fully saturated rings. The fourth-order valence-electron chi connectivity index (χ4n) is 4.75. The molecule has 162 valence electrons. The molecular formula is C29H24N2O2. The first kappa shape index (κ1) is 20.7. The first-order chi connectivity index (χ1) is 16.2. The Hall–Kier alpha value is -4.18. The van der Waals surface area contributed by atoms with Gasteiger partial charge in [-0.3, -0.25) is 5.32 Å². The fourth-order valence-corrected chi connectivity index (χ4v) is 4.75. The molecule has 1 aliphatic rings. The Balaban J connectivity index is 1.79. The van der Waals surface area contributed by atoms with E-state index in [0.717, 1.165) is 22.5 Å². The summed E-state index contributed by atoms with van der Waals surface area (Å²) in [7, 11) is 0. The highest BCUT2D eigenvalue weighted by molar-refractivity contribution is 6.00. The molecule has 0 radical (unpaired) electrons. The number of carboxylic acids is 1. The summed E-state index contributed by atoms with van der Waals surface area (Å²) >= 11 is 0. The molecule has 1 N–H and O–H groups in total. The molecule has 0 spiro atoms. The molecule has 0 amide bonds. The van der Waals surface area contributed by atoms with Crippen molar-refractivity contribution < 1.29 is 14.5 Å². The summed E-state index contributed by atoms with van der Waals surface area (Å²) in [6.07, 6.45) is 0. The zero-order valence-electron chi connectivity index (χ0n) is 18.1. The van der Waals surface area contributed by atoms with Crippen molar-refractivity contribution in [1.82, 2.24) is 5.32 Å². The molecule has 4 nitrogen and oxygen atoms in total. The number of aliphatic carboxylic acids is 1. The second kappa shape index (κ2) is 8.75. The number of amidine groups is 1. The summed E-state index contributed by atoms with van der Waals surface area (Å²) in [5, 5.41) is 16.5. The standard InChI is InChI=1S/C29H24N2O2/c32-28(33)29(25-19-11-4-12-20-25)26(23-15-7-2-8-16-23)31(21-22-13-5-1-6-14-22)27(30-29)24-17-9-3-10-18-24/h1-20,26H,21H2,(H,32,33)/t26-,29?/m1/s1. The smallest absolute Gasteiger partial charge is 0.279 e. The lowest BCUT2D eigenvalue weighted by Gasteiger charge is -2.33. The van der Waals surface area contributed by atoms with E-state index in [1.165, 1.54) is 0 Å². The van der Waals surface area contributed by atoms with Crippen molar-refractivity contribution in [2.24, 2.45) is 0 Å². The van der Waals surface area contributed by atoms with Crippen LogP contribution in [0.4, 0.5) is 0 Å². The average molecular weight is 433 g/mol. The van der Waals surface area contributed by atoms with Gasteiger partial charge in [-0.05, 0) is 17.7 Å². The molecule has 0 aliphatic carbocycles. The van der Waals surface area contributed by atoms with Crippen molar-refractivity contribution in [2.75, 3.05) is 0 Å². The van der Waals surface area contributed by atoms with Gasteiger partial charge in [-0.25, -0.2) is 4.58 Å². The summed E-state index contributed by atoms with van der Waals surface area (Å²) in [6, 6.07) is 38.6. The lowest BCUT2D eigenvalue weighted by Crippen LogP contribution is -2.57. The quantitative estimate of drug-likeness (QED) is 0.474. The van der Waals surface area contributed by atoms with Gasteiger partial charge in [0.2, 0.25) is 5.54 Å². The van der Waals surface area contributed by atoms with E-state index in [-0.39, 0.29) is 0 Å². The minimum atomic E-state index is -1.47. The molecule has 0 saturated heterocycles. The third kappa shape index (κ3) is 3.70. The number of nitrogens with one attached hydrogen (secondary N) is 1. The Labute approximate surface area is 193 Å². The predicted molar refractivity (Wildman–Crippen MR) is 126 cm³/mol. The summed E-state index contributed by atoms with van der Waals surface area (Å²) in [5.41, 5.74) is 2.11. The minimum absolute atomic E-state index is 0.526. The molecule has 0 bridgehead atoms. The predicted octanol–water partition coefficient (Wildman–Crippen LogP) is 3.64. The molecule has 1 aliphatic heterocycles. The van der Waals surface area contributed by atoms with Crippen LogP contribution in [0.2, 0.25) is 0 Å². The van der Waals surface area contributed by atoms with Crippen molar-refractivity contribution in [1.29, 1.82) is 0 Å². The average Bonchev–Trinajstić information content (AvgIpc) is 3.22. The Morgan fingerprint density at radius 3 is 1.85 bits per heavy atom. The number of carbonyl (C=O) groups excluding carboxylic acids is 1. The molecule has 1 heterocycles. The monoisotopic (exact) mass is 432 g/mol. The van der Waals surface area contributed by atoms with Gasteiger partial charge in [-0.15, -0.1) is 0 Å². The maximum absolute atomic E-state index is 13.1. The number of carboxylic acid groups (broad SMARTS) is 1. The van der Waals surface area contributed by atoms with Crippen molar-refractivity contribution >= 4 is 11.8 Å². The molecule has 0 aromatic heterocycles. The van der Waals surface area contributed by atoms with Crippen molar-refractivity contribution in [3.8, 4) is 0 Å². The van der Waals surface area contributed by atoms with Gasteiger partial charge in [-0.2, -0.15) is 0 Å². The third-order valence-corrected chi connectivity index (χ3v) is 6.23. The van der Waals surface area contributed by atoms with E-state index in [1.807, 2.05) is 109 Å². The number of nitrogens with zero attached hydrogens (tertiary/aromatic N) is 1. The normalized spacial score (nSPS) is 19.8. The van der Waals surface area contributed by atoms with Crippen LogP contribution in [0.3, 0.4) is 0 Å². The molecule has 0 saturated carbocycles. The highest BCUT2D eigenvalue weighted by atomic mass is 16.4. The van der Waals surface area contributed by atoms with Crippen LogP contribution in [0.15, 0.2) is 121 Å². The zero-order chi connectivity index (χ0) is 22.7. The van der Waals surface area contributed by atoms with Crippen LogP contribution in [-0.2, 0) is 16.9 Å². The van der Waals surface area contributed by atoms with E-state index >= 15 is 0 Å². The Bertz CT molecular complexity index is 1270. The van der Waals surface area contributed by atoms with Gasteiger partial charge in [0, 0.05) is 11.1 Å². The van der Waals surface area contributed by atoms with Gasteiger partial charge < -0.3 is 9.90 Å². The van der Waals surface area contributed by atoms with Crippen molar-refractivity contribution in [3.63, 3.8) is 0 Å². The second-order valence-corrected chi connectivity index (χ2v) is 8.23. The molecular weight excluding hydrogens is 408 g/mol. The van der Waals surface area contributed by atoms with E-state index in [1.54, 1.807) is 0 Å². The van der Waals surface area contributed by atoms with Gasteiger partial charge in [-0.1, -0.05) is 109 Å². The second-order valence-electron chi connectivity index (χ2n) is 8.23. The SMILES string of the molecule is O=C([O-])C1(c2ccccc2)NC(c2ccccc2)=[N+](Cc2ccccc2)[C@@H]1c1ccccc1. The molecule has 33 heavy (non-hydrogen) atoms. The summed E-state index contributed by atoms with van der Waals surface area (Å²) in [6.45, 7) is 0.541. The van der Waals surface area contributed by atoms with Crippen LogP contribution >= 0.6 is 0 Å². The summed E-state index contributed by atoms with van der Waals surface area (Å²) in [5.74, 6) is -0.395. The molecule has 5 rings (SSSR count). The molecule has 2 atom stereocenters. The molecule has 4 aromatic rings. The first-order valence-electron chi connectivity index (χ1n) is 11.0.